The summed E-state index contributed by atoms with van der Waals surface area (Å²) < 4.78 is 0. The lowest BCUT2D eigenvalue weighted by molar-refractivity contribution is 0.0954. The number of amides is 1. The number of hydrogen-bond donors (Lipinski definition) is 1. The first-order valence-electron chi connectivity index (χ1n) is 7.01. The smallest absolute Gasteiger partial charge is 0.253 e. The van der Waals surface area contributed by atoms with Crippen LogP contribution in [0.5, 0.6) is 0 Å². The topological polar surface area (TPSA) is 42.0 Å². The second-order valence-electron chi connectivity index (χ2n) is 4.74. The average Bonchev–Trinajstić information content (AvgIpc) is 2.50. The van der Waals surface area contributed by atoms with E-state index in [-0.39, 0.29) is 5.91 Å². The van der Waals surface area contributed by atoms with Crippen molar-refractivity contribution in [2.75, 3.05) is 12.4 Å². The van der Waals surface area contributed by atoms with Gasteiger partial charge in [0.2, 0.25) is 0 Å². The maximum Gasteiger partial charge on any atom is 0.253 e. The second-order valence-corrected chi connectivity index (χ2v) is 5.12. The van der Waals surface area contributed by atoms with Gasteiger partial charge in [-0.25, -0.2) is 0 Å². The number of carbonyl (C=O) groups is 1. The van der Waals surface area contributed by atoms with Crippen molar-refractivity contribution in [3.05, 3.63) is 42.1 Å². The number of alkyl halides is 1. The summed E-state index contributed by atoms with van der Waals surface area (Å²) in [7, 11) is 0. The zero-order valence-electron chi connectivity index (χ0n) is 11.4. The molecule has 0 aliphatic heterocycles. The Kier molecular flexibility index (Phi) is 5.81. The van der Waals surface area contributed by atoms with Gasteiger partial charge in [0.25, 0.3) is 5.91 Å². The fraction of sp³-hybridized carbons (Fsp3) is 0.375. The Bertz CT molecular complexity index is 566. The van der Waals surface area contributed by atoms with Crippen LogP contribution in [-0.2, 0) is 0 Å². The SMILES string of the molecule is O=C(NCCCCCCCl)c1cccc2cccnc12. The molecule has 0 saturated carbocycles. The summed E-state index contributed by atoms with van der Waals surface area (Å²) in [4.78, 5) is 16.5. The number of pyridine rings is 1. The molecule has 0 atom stereocenters. The third kappa shape index (κ3) is 3.94. The number of para-hydroxylation sites is 1. The summed E-state index contributed by atoms with van der Waals surface area (Å²) in [6.45, 7) is 0.699. The summed E-state index contributed by atoms with van der Waals surface area (Å²) in [6.07, 6.45) is 5.96. The Balaban J connectivity index is 1.91. The molecule has 106 valence electrons. The van der Waals surface area contributed by atoms with Gasteiger partial charge in [-0.3, -0.25) is 9.78 Å². The quantitative estimate of drug-likeness (QED) is 0.623. The van der Waals surface area contributed by atoms with Crippen molar-refractivity contribution >= 4 is 28.4 Å². The van der Waals surface area contributed by atoms with Gasteiger partial charge in [-0.05, 0) is 25.0 Å². The molecule has 2 rings (SSSR count). The Morgan fingerprint density at radius 2 is 1.90 bits per heavy atom. The van der Waals surface area contributed by atoms with Crippen LogP contribution in [0, 0.1) is 0 Å². The number of nitrogens with zero attached hydrogens (tertiary/aromatic N) is 1. The lowest BCUT2D eigenvalue weighted by atomic mass is 10.1. The maximum atomic E-state index is 12.2. The van der Waals surface area contributed by atoms with Gasteiger partial charge in [0.05, 0.1) is 11.1 Å². The van der Waals surface area contributed by atoms with Gasteiger partial charge in [0.1, 0.15) is 0 Å². The molecule has 0 aliphatic rings. The average molecular weight is 291 g/mol. The van der Waals surface area contributed by atoms with Crippen LogP contribution in [0.1, 0.15) is 36.0 Å². The number of carbonyl (C=O) groups excluding carboxylic acids is 1. The van der Waals surface area contributed by atoms with Crippen LogP contribution in [0.15, 0.2) is 36.5 Å². The van der Waals surface area contributed by atoms with Crippen LogP contribution in [0.4, 0.5) is 0 Å². The van der Waals surface area contributed by atoms with Crippen molar-refractivity contribution in [1.29, 1.82) is 0 Å². The predicted octanol–water partition coefficient (Wildman–Crippen LogP) is 3.76. The van der Waals surface area contributed by atoms with Crippen LogP contribution in [0.3, 0.4) is 0 Å². The van der Waals surface area contributed by atoms with Crippen molar-refractivity contribution in [3.8, 4) is 0 Å². The van der Waals surface area contributed by atoms with Crippen LogP contribution in [-0.4, -0.2) is 23.3 Å². The number of halogens is 1. The summed E-state index contributed by atoms with van der Waals surface area (Å²) in [5.74, 6) is 0.667. The van der Waals surface area contributed by atoms with E-state index in [0.29, 0.717) is 18.0 Å². The summed E-state index contributed by atoms with van der Waals surface area (Å²) in [6, 6.07) is 9.51. The molecular formula is C16H19ClN2O. The number of rotatable bonds is 7. The van der Waals surface area contributed by atoms with E-state index in [2.05, 4.69) is 10.3 Å². The van der Waals surface area contributed by atoms with Gasteiger partial charge in [-0.1, -0.05) is 31.0 Å². The van der Waals surface area contributed by atoms with Gasteiger partial charge in [-0.15, -0.1) is 11.6 Å². The molecule has 0 bridgehead atoms. The Hall–Kier alpha value is -1.61. The minimum Gasteiger partial charge on any atom is -0.352 e. The molecule has 0 saturated heterocycles. The zero-order valence-corrected chi connectivity index (χ0v) is 12.2. The molecule has 1 aromatic heterocycles. The Labute approximate surface area is 124 Å². The molecule has 1 amide bonds. The van der Waals surface area contributed by atoms with Crippen molar-refractivity contribution in [1.82, 2.24) is 10.3 Å². The largest absolute Gasteiger partial charge is 0.352 e. The van der Waals surface area contributed by atoms with Crippen LogP contribution in [0.2, 0.25) is 0 Å². The van der Waals surface area contributed by atoms with Crippen LogP contribution >= 0.6 is 11.6 Å². The number of nitrogens with one attached hydrogen (secondary N) is 1. The number of aromatic nitrogens is 1. The summed E-state index contributed by atoms with van der Waals surface area (Å²) in [5, 5.41) is 3.94. The number of benzene rings is 1. The molecule has 1 heterocycles. The van der Waals surface area contributed by atoms with E-state index in [1.54, 1.807) is 6.20 Å². The normalized spacial score (nSPS) is 10.7. The monoisotopic (exact) mass is 290 g/mol. The molecule has 0 aliphatic carbocycles. The van der Waals surface area contributed by atoms with Crippen molar-refractivity contribution in [3.63, 3.8) is 0 Å². The van der Waals surface area contributed by atoms with Gasteiger partial charge in [0.15, 0.2) is 0 Å². The second kappa shape index (κ2) is 7.85. The molecule has 4 heteroatoms. The third-order valence-corrected chi connectivity index (χ3v) is 3.49. The van der Waals surface area contributed by atoms with E-state index in [9.17, 15) is 4.79 Å². The zero-order chi connectivity index (χ0) is 14.2. The lowest BCUT2D eigenvalue weighted by Crippen LogP contribution is -2.24. The van der Waals surface area contributed by atoms with Gasteiger partial charge < -0.3 is 5.32 Å². The summed E-state index contributed by atoms with van der Waals surface area (Å²) in [5.41, 5.74) is 1.40. The molecular weight excluding hydrogens is 272 g/mol. The van der Waals surface area contributed by atoms with Crippen molar-refractivity contribution in [2.24, 2.45) is 0 Å². The number of unbranched alkanes of at least 4 members (excludes halogenated alkanes) is 3. The first-order chi connectivity index (χ1) is 9.83. The minimum absolute atomic E-state index is 0.0494. The van der Waals surface area contributed by atoms with Crippen molar-refractivity contribution < 1.29 is 4.79 Å². The molecule has 3 nitrogen and oxygen atoms in total. The maximum absolute atomic E-state index is 12.2. The molecule has 20 heavy (non-hydrogen) atoms. The molecule has 1 N–H and O–H groups in total. The highest BCUT2D eigenvalue weighted by Crippen LogP contribution is 2.15. The fourth-order valence-electron chi connectivity index (χ4n) is 2.16. The highest BCUT2D eigenvalue weighted by atomic mass is 35.5. The Morgan fingerprint density at radius 1 is 1.10 bits per heavy atom. The summed E-state index contributed by atoms with van der Waals surface area (Å²) >= 11 is 5.62. The fourth-order valence-corrected chi connectivity index (χ4v) is 2.35. The molecule has 0 unspecified atom stereocenters. The predicted molar refractivity (Wildman–Crippen MR) is 83.3 cm³/mol. The van der Waals surface area contributed by atoms with Gasteiger partial charge in [0, 0.05) is 24.0 Å². The Morgan fingerprint density at radius 3 is 2.75 bits per heavy atom. The molecule has 0 radical (unpaired) electrons. The van der Waals surface area contributed by atoms with Crippen LogP contribution in [0.25, 0.3) is 10.9 Å². The van der Waals surface area contributed by atoms with E-state index < -0.39 is 0 Å². The van der Waals surface area contributed by atoms with Crippen molar-refractivity contribution in [2.45, 2.75) is 25.7 Å². The number of fused-ring (bicyclic) bond motifs is 1. The molecule has 0 fully saturated rings. The van der Waals surface area contributed by atoms with E-state index in [1.165, 1.54) is 0 Å². The van der Waals surface area contributed by atoms with E-state index in [1.807, 2.05) is 30.3 Å². The minimum atomic E-state index is -0.0494. The molecule has 0 spiro atoms. The first-order valence-corrected chi connectivity index (χ1v) is 7.54. The number of hydrogen-bond acceptors (Lipinski definition) is 2. The van der Waals surface area contributed by atoms with E-state index >= 15 is 0 Å². The van der Waals surface area contributed by atoms with Gasteiger partial charge in [-0.2, -0.15) is 0 Å². The standard InChI is InChI=1S/C16H19ClN2O/c17-10-3-1-2-4-11-19-16(20)14-9-5-7-13-8-6-12-18-15(13)14/h5-9,12H,1-4,10-11H2,(H,19,20). The van der Waals surface area contributed by atoms with Gasteiger partial charge >= 0.3 is 0 Å². The first kappa shape index (κ1) is 14.8. The third-order valence-electron chi connectivity index (χ3n) is 3.22. The highest BCUT2D eigenvalue weighted by Gasteiger charge is 2.09. The van der Waals surface area contributed by atoms with E-state index in [4.69, 9.17) is 11.6 Å². The molecule has 1 aromatic carbocycles. The highest BCUT2D eigenvalue weighted by molar-refractivity contribution is 6.17. The molecule has 2 aromatic rings. The van der Waals surface area contributed by atoms with E-state index in [0.717, 1.165) is 36.6 Å². The van der Waals surface area contributed by atoms with Crippen LogP contribution < -0.4 is 5.32 Å². The lowest BCUT2D eigenvalue weighted by Gasteiger charge is -2.07.